The second-order valence-corrected chi connectivity index (χ2v) is 8.00. The van der Waals surface area contributed by atoms with E-state index in [0.717, 1.165) is 12.8 Å². The molecule has 2 aromatic rings. The number of halogens is 2. The van der Waals surface area contributed by atoms with Crippen molar-refractivity contribution in [3.63, 3.8) is 0 Å². The summed E-state index contributed by atoms with van der Waals surface area (Å²) in [6, 6.07) is 10.8. The van der Waals surface area contributed by atoms with Gasteiger partial charge in [-0.1, -0.05) is 40.6 Å². The minimum Gasteiger partial charge on any atom is -1.00 e. The quantitative estimate of drug-likeness (QED) is 0.349. The fraction of sp³-hybridized carbons (Fsp3) is 0.391. The van der Waals surface area contributed by atoms with E-state index in [4.69, 9.17) is 0 Å². The largest absolute Gasteiger partial charge is 3.00 e. The molecule has 2 N–H and O–H groups in total. The number of hydrogen-bond acceptors (Lipinski definition) is 2. The molecule has 0 aliphatic heterocycles. The van der Waals surface area contributed by atoms with E-state index in [1.165, 1.54) is 44.0 Å². The Balaban J connectivity index is 0.00000243. The molecule has 149 valence electrons. The molecule has 0 unspecified atom stereocenters. The first kappa shape index (κ1) is 27.2. The molecule has 0 aromatic heterocycles. The Morgan fingerprint density at radius 2 is 1.75 bits per heavy atom. The van der Waals surface area contributed by atoms with Crippen LogP contribution in [0.15, 0.2) is 30.3 Å². The summed E-state index contributed by atoms with van der Waals surface area (Å²) in [5.41, 5.74) is 7.43. The summed E-state index contributed by atoms with van der Waals surface area (Å²) in [5.74, 6) is 0. The first-order chi connectivity index (χ1) is 11.8. The first-order valence-electron chi connectivity index (χ1n) is 9.07. The number of benzene rings is 2. The minimum atomic E-state index is -0.0212. The van der Waals surface area contributed by atoms with Crippen molar-refractivity contribution in [2.45, 2.75) is 53.0 Å². The standard InChI is InChI=1S/C23H28NO.2ClH.Ti/c1-15(9-8-12-25)19-14-20-18-11-7-6-10-17(18)13-21(20)22(16(19)2)24-23(3,4)5;;;/h6-7,10-11,14,24-25H,8-9,12H2,1-5H3;2*1H;/q-1;;;+3/p-2. The number of nitrogens with one attached hydrogen (secondary N) is 1. The minimum absolute atomic E-state index is 0. The van der Waals surface area contributed by atoms with Crippen molar-refractivity contribution in [3.8, 4) is 11.1 Å². The molecular formula is C23H28Cl2NOTi. The van der Waals surface area contributed by atoms with Gasteiger partial charge in [0, 0.05) is 12.1 Å². The molecule has 0 spiro atoms. The summed E-state index contributed by atoms with van der Waals surface area (Å²) in [6.07, 6.45) is 5.33. The van der Waals surface area contributed by atoms with Gasteiger partial charge < -0.3 is 35.2 Å². The molecule has 1 radical (unpaired) electrons. The number of aliphatic hydroxyl groups is 1. The van der Waals surface area contributed by atoms with Crippen molar-refractivity contribution in [1.29, 1.82) is 0 Å². The van der Waals surface area contributed by atoms with E-state index in [-0.39, 0.29) is 58.7 Å². The molecule has 1 aliphatic rings. The smallest absolute Gasteiger partial charge is 1.00 e. The third-order valence-corrected chi connectivity index (χ3v) is 4.73. The van der Waals surface area contributed by atoms with Crippen molar-refractivity contribution in [3.05, 3.63) is 51.9 Å². The third kappa shape index (κ3) is 5.65. The molecule has 5 heteroatoms. The maximum Gasteiger partial charge on any atom is 3.00 e. The van der Waals surface area contributed by atoms with Gasteiger partial charge in [-0.2, -0.15) is 0 Å². The molecular weight excluding hydrogens is 425 g/mol. The molecule has 0 saturated heterocycles. The van der Waals surface area contributed by atoms with Crippen LogP contribution < -0.4 is 40.6 Å². The van der Waals surface area contributed by atoms with Gasteiger partial charge in [0.25, 0.3) is 0 Å². The Bertz CT molecular complexity index is 933. The molecule has 0 heterocycles. The normalized spacial score (nSPS) is 12.4. The summed E-state index contributed by atoms with van der Waals surface area (Å²) in [7, 11) is 0. The third-order valence-electron chi connectivity index (χ3n) is 4.73. The SMILES string of the molecule is CC(CCCO)=c1cc2c(c(NC(C)(C)C)c1C)=[C-]c1ccccc1-2.[Cl-].[Cl-].[Ti+3]. The molecule has 1 aliphatic carbocycles. The zero-order chi connectivity index (χ0) is 18.2. The zero-order valence-corrected chi connectivity index (χ0v) is 20.3. The van der Waals surface area contributed by atoms with Crippen LogP contribution in [0.5, 0.6) is 0 Å². The molecule has 28 heavy (non-hydrogen) atoms. The second-order valence-electron chi connectivity index (χ2n) is 8.00. The fourth-order valence-electron chi connectivity index (χ4n) is 3.54. The van der Waals surface area contributed by atoms with Gasteiger partial charge in [0.15, 0.2) is 0 Å². The van der Waals surface area contributed by atoms with E-state index in [0.29, 0.717) is 0 Å². The van der Waals surface area contributed by atoms with Gasteiger partial charge in [0.05, 0.1) is 0 Å². The van der Waals surface area contributed by atoms with Gasteiger partial charge in [-0.05, 0) is 58.4 Å². The van der Waals surface area contributed by atoms with E-state index in [2.05, 4.69) is 76.3 Å². The maximum absolute atomic E-state index is 9.19. The van der Waals surface area contributed by atoms with Crippen LogP contribution >= 0.6 is 0 Å². The second kappa shape index (κ2) is 10.9. The van der Waals surface area contributed by atoms with Crippen LogP contribution in [0.3, 0.4) is 0 Å². The van der Waals surface area contributed by atoms with E-state index in [9.17, 15) is 5.11 Å². The first-order valence-corrected chi connectivity index (χ1v) is 9.07. The average Bonchev–Trinajstić information content (AvgIpc) is 2.92. The van der Waals surface area contributed by atoms with Crippen molar-refractivity contribution in [2.24, 2.45) is 0 Å². The maximum atomic E-state index is 9.19. The molecule has 2 nitrogen and oxygen atoms in total. The van der Waals surface area contributed by atoms with Crippen molar-refractivity contribution < 1.29 is 51.6 Å². The monoisotopic (exact) mass is 452 g/mol. The van der Waals surface area contributed by atoms with E-state index >= 15 is 0 Å². The fourth-order valence-corrected chi connectivity index (χ4v) is 3.54. The van der Waals surface area contributed by atoms with Gasteiger partial charge in [-0.25, -0.2) is 0 Å². The van der Waals surface area contributed by atoms with Gasteiger partial charge in [-0.3, -0.25) is 0 Å². The van der Waals surface area contributed by atoms with Crippen LogP contribution in [-0.2, 0) is 21.7 Å². The van der Waals surface area contributed by atoms with Gasteiger partial charge in [0.1, 0.15) is 0 Å². The van der Waals surface area contributed by atoms with Crippen molar-refractivity contribution in [2.75, 3.05) is 11.9 Å². The number of hydrogen-bond donors (Lipinski definition) is 2. The molecule has 0 fully saturated rings. The van der Waals surface area contributed by atoms with Crippen molar-refractivity contribution in [1.82, 2.24) is 0 Å². The molecule has 0 atom stereocenters. The summed E-state index contributed by atoms with van der Waals surface area (Å²) >= 11 is 0. The van der Waals surface area contributed by atoms with Gasteiger partial charge in [0.2, 0.25) is 0 Å². The van der Waals surface area contributed by atoms with Crippen LogP contribution in [0, 0.1) is 6.92 Å². The molecule has 2 aromatic carbocycles. The van der Waals surface area contributed by atoms with Crippen LogP contribution in [0.25, 0.3) is 22.8 Å². The predicted octanol–water partition coefficient (Wildman–Crippen LogP) is -2.16. The average molecular weight is 453 g/mol. The van der Waals surface area contributed by atoms with Crippen LogP contribution in [-0.4, -0.2) is 17.3 Å². The number of aliphatic hydroxyl groups excluding tert-OH is 1. The number of rotatable bonds is 4. The summed E-state index contributed by atoms with van der Waals surface area (Å²) in [5, 5.41) is 15.4. The van der Waals surface area contributed by atoms with Crippen LogP contribution in [0.1, 0.15) is 51.7 Å². The van der Waals surface area contributed by atoms with E-state index in [1.54, 1.807) is 0 Å². The Labute approximate surface area is 196 Å². The van der Waals surface area contributed by atoms with Crippen molar-refractivity contribution >= 4 is 17.3 Å². The summed E-state index contributed by atoms with van der Waals surface area (Å²) in [6.45, 7) is 11.2. The molecule has 0 saturated carbocycles. The zero-order valence-electron chi connectivity index (χ0n) is 17.2. The molecule has 3 rings (SSSR count). The van der Waals surface area contributed by atoms with Crippen LogP contribution in [0.2, 0.25) is 0 Å². The molecule has 0 amide bonds. The Hall–Kier alpha value is -0.766. The van der Waals surface area contributed by atoms with E-state index < -0.39 is 0 Å². The van der Waals surface area contributed by atoms with Gasteiger partial charge >= 0.3 is 21.7 Å². The Kier molecular flexibility index (Phi) is 10.6. The van der Waals surface area contributed by atoms with Crippen LogP contribution in [0.4, 0.5) is 5.69 Å². The molecule has 0 bridgehead atoms. The topological polar surface area (TPSA) is 32.3 Å². The predicted molar refractivity (Wildman–Crippen MR) is 107 cm³/mol. The number of fused-ring (bicyclic) bond motifs is 3. The summed E-state index contributed by atoms with van der Waals surface area (Å²) < 4.78 is 0. The summed E-state index contributed by atoms with van der Waals surface area (Å²) in [4.78, 5) is 0. The van der Waals surface area contributed by atoms with E-state index in [1.807, 2.05) is 0 Å². The Morgan fingerprint density at radius 1 is 1.11 bits per heavy atom. The number of anilines is 1. The Morgan fingerprint density at radius 3 is 2.36 bits per heavy atom. The van der Waals surface area contributed by atoms with Gasteiger partial charge in [-0.15, -0.1) is 28.8 Å².